The Bertz CT molecular complexity index is 173. The molecule has 0 aromatic carbocycles. The second-order valence-electron chi connectivity index (χ2n) is 4.45. The highest BCUT2D eigenvalue weighted by Crippen LogP contribution is 2.16. The van der Waals surface area contributed by atoms with Crippen molar-refractivity contribution in [3.63, 3.8) is 0 Å². The Labute approximate surface area is 85.8 Å². The number of hydrogen-bond acceptors (Lipinski definition) is 4. The summed E-state index contributed by atoms with van der Waals surface area (Å²) in [6.45, 7) is 7.72. The Hall–Kier alpha value is -0.160. The molecule has 1 aliphatic rings. The van der Waals surface area contributed by atoms with Crippen molar-refractivity contribution in [3.8, 4) is 0 Å². The zero-order chi connectivity index (χ0) is 10.6. The number of rotatable bonds is 4. The van der Waals surface area contributed by atoms with Gasteiger partial charge in [0.1, 0.15) is 0 Å². The molecule has 1 saturated heterocycles. The SMILES string of the molecule is COCC(O)CN1CCOC(C)(C)C1. The van der Waals surface area contributed by atoms with E-state index < -0.39 is 6.10 Å². The maximum Gasteiger partial charge on any atom is 0.0900 e. The third-order valence-corrected chi connectivity index (χ3v) is 2.33. The van der Waals surface area contributed by atoms with E-state index in [4.69, 9.17) is 9.47 Å². The summed E-state index contributed by atoms with van der Waals surface area (Å²) in [4.78, 5) is 2.22. The van der Waals surface area contributed by atoms with E-state index >= 15 is 0 Å². The van der Waals surface area contributed by atoms with Gasteiger partial charge in [-0.25, -0.2) is 0 Å². The predicted molar refractivity (Wildman–Crippen MR) is 54.4 cm³/mol. The Kier molecular flexibility index (Phi) is 4.31. The van der Waals surface area contributed by atoms with Gasteiger partial charge in [0.2, 0.25) is 0 Å². The maximum atomic E-state index is 9.56. The minimum Gasteiger partial charge on any atom is -0.389 e. The highest BCUT2D eigenvalue weighted by Gasteiger charge is 2.27. The summed E-state index contributed by atoms with van der Waals surface area (Å²) in [5.41, 5.74) is -0.0922. The summed E-state index contributed by atoms with van der Waals surface area (Å²) in [6, 6.07) is 0. The van der Waals surface area contributed by atoms with Gasteiger partial charge in [-0.1, -0.05) is 0 Å². The van der Waals surface area contributed by atoms with E-state index in [0.29, 0.717) is 13.2 Å². The molecule has 14 heavy (non-hydrogen) atoms. The van der Waals surface area contributed by atoms with Crippen LogP contribution in [0.4, 0.5) is 0 Å². The summed E-state index contributed by atoms with van der Waals surface area (Å²) in [6.07, 6.45) is -0.395. The van der Waals surface area contributed by atoms with Crippen LogP contribution in [-0.2, 0) is 9.47 Å². The van der Waals surface area contributed by atoms with E-state index in [9.17, 15) is 5.11 Å². The smallest absolute Gasteiger partial charge is 0.0900 e. The van der Waals surface area contributed by atoms with Crippen LogP contribution in [0.15, 0.2) is 0 Å². The number of nitrogens with zero attached hydrogens (tertiary/aromatic N) is 1. The van der Waals surface area contributed by atoms with Gasteiger partial charge in [0.15, 0.2) is 0 Å². The normalized spacial score (nSPS) is 24.9. The number of ether oxygens (including phenoxy) is 2. The number of morpholine rings is 1. The lowest BCUT2D eigenvalue weighted by Gasteiger charge is -2.38. The summed E-state index contributed by atoms with van der Waals surface area (Å²) in [7, 11) is 1.60. The van der Waals surface area contributed by atoms with Crippen LogP contribution in [0, 0.1) is 0 Å². The molecule has 1 N–H and O–H groups in total. The van der Waals surface area contributed by atoms with Crippen LogP contribution in [0.1, 0.15) is 13.8 Å². The van der Waals surface area contributed by atoms with Crippen molar-refractivity contribution in [2.75, 3.05) is 40.0 Å². The average Bonchev–Trinajstić information content (AvgIpc) is 2.02. The molecule has 1 unspecified atom stereocenters. The van der Waals surface area contributed by atoms with E-state index in [0.717, 1.165) is 19.7 Å². The van der Waals surface area contributed by atoms with Crippen LogP contribution < -0.4 is 0 Å². The van der Waals surface area contributed by atoms with Gasteiger partial charge in [-0.05, 0) is 13.8 Å². The molecule has 1 aliphatic heterocycles. The zero-order valence-corrected chi connectivity index (χ0v) is 9.32. The number of aliphatic hydroxyl groups excluding tert-OH is 1. The molecular formula is C10H21NO3. The van der Waals surface area contributed by atoms with Crippen molar-refractivity contribution in [1.29, 1.82) is 0 Å². The standard InChI is InChI=1S/C10H21NO3/c1-10(2)8-11(4-5-14-10)6-9(12)7-13-3/h9,12H,4-8H2,1-3H3. The first-order valence-electron chi connectivity index (χ1n) is 5.07. The molecule has 0 saturated carbocycles. The number of aliphatic hydroxyl groups is 1. The highest BCUT2D eigenvalue weighted by molar-refractivity contribution is 4.80. The molecule has 1 rings (SSSR count). The van der Waals surface area contributed by atoms with Crippen molar-refractivity contribution in [2.45, 2.75) is 25.6 Å². The zero-order valence-electron chi connectivity index (χ0n) is 9.32. The van der Waals surface area contributed by atoms with Gasteiger partial charge < -0.3 is 14.6 Å². The largest absolute Gasteiger partial charge is 0.389 e. The fourth-order valence-electron chi connectivity index (χ4n) is 1.81. The fraction of sp³-hybridized carbons (Fsp3) is 1.00. The molecule has 1 fully saturated rings. The lowest BCUT2D eigenvalue weighted by Crippen LogP contribution is -2.50. The summed E-state index contributed by atoms with van der Waals surface area (Å²) in [5.74, 6) is 0. The summed E-state index contributed by atoms with van der Waals surface area (Å²) < 4.78 is 10.5. The molecule has 0 aromatic heterocycles. The minimum absolute atomic E-state index is 0.0922. The molecule has 4 nitrogen and oxygen atoms in total. The highest BCUT2D eigenvalue weighted by atomic mass is 16.5. The lowest BCUT2D eigenvalue weighted by atomic mass is 10.1. The van der Waals surface area contributed by atoms with Crippen molar-refractivity contribution in [1.82, 2.24) is 4.90 Å². The average molecular weight is 203 g/mol. The molecule has 1 heterocycles. The second-order valence-corrected chi connectivity index (χ2v) is 4.45. The first kappa shape index (κ1) is 11.9. The molecule has 0 aromatic rings. The molecule has 0 aliphatic carbocycles. The lowest BCUT2D eigenvalue weighted by molar-refractivity contribution is -0.0961. The fourth-order valence-corrected chi connectivity index (χ4v) is 1.81. The van der Waals surface area contributed by atoms with Gasteiger partial charge in [-0.2, -0.15) is 0 Å². The Morgan fingerprint density at radius 2 is 2.29 bits per heavy atom. The molecule has 0 bridgehead atoms. The third-order valence-electron chi connectivity index (χ3n) is 2.33. The third kappa shape index (κ3) is 3.92. The van der Waals surface area contributed by atoms with Gasteiger partial charge in [0.25, 0.3) is 0 Å². The van der Waals surface area contributed by atoms with Gasteiger partial charge in [0, 0.05) is 26.7 Å². The van der Waals surface area contributed by atoms with Crippen LogP contribution in [-0.4, -0.2) is 61.7 Å². The predicted octanol–water partition coefficient (Wildman–Crippen LogP) is 0.104. The van der Waals surface area contributed by atoms with E-state index in [1.54, 1.807) is 7.11 Å². The maximum absolute atomic E-state index is 9.56. The first-order valence-corrected chi connectivity index (χ1v) is 5.07. The molecule has 4 heteroatoms. The van der Waals surface area contributed by atoms with Gasteiger partial charge in [0.05, 0.1) is 24.9 Å². The van der Waals surface area contributed by atoms with E-state index in [-0.39, 0.29) is 5.60 Å². The number of β-amino-alcohol motifs (C(OH)–C–C–N with tert-alkyl or cyclic N) is 1. The van der Waals surface area contributed by atoms with Crippen molar-refractivity contribution >= 4 is 0 Å². The van der Waals surface area contributed by atoms with Gasteiger partial charge in [-0.15, -0.1) is 0 Å². The topological polar surface area (TPSA) is 41.9 Å². The molecular weight excluding hydrogens is 182 g/mol. The molecule has 0 spiro atoms. The molecule has 1 atom stereocenters. The second kappa shape index (κ2) is 5.07. The van der Waals surface area contributed by atoms with Crippen molar-refractivity contribution in [3.05, 3.63) is 0 Å². The minimum atomic E-state index is -0.395. The Morgan fingerprint density at radius 1 is 1.57 bits per heavy atom. The first-order chi connectivity index (χ1) is 6.53. The Morgan fingerprint density at radius 3 is 2.86 bits per heavy atom. The summed E-state index contributed by atoms with van der Waals surface area (Å²) >= 11 is 0. The van der Waals surface area contributed by atoms with Crippen LogP contribution in [0.25, 0.3) is 0 Å². The summed E-state index contributed by atoms with van der Waals surface area (Å²) in [5, 5.41) is 9.56. The van der Waals surface area contributed by atoms with Gasteiger partial charge in [-0.3, -0.25) is 4.90 Å². The van der Waals surface area contributed by atoms with Crippen LogP contribution in [0.5, 0.6) is 0 Å². The molecule has 0 amide bonds. The van der Waals surface area contributed by atoms with E-state index in [1.807, 2.05) is 0 Å². The molecule has 84 valence electrons. The van der Waals surface area contributed by atoms with Crippen LogP contribution >= 0.6 is 0 Å². The monoisotopic (exact) mass is 203 g/mol. The molecule has 0 radical (unpaired) electrons. The van der Waals surface area contributed by atoms with Crippen molar-refractivity contribution in [2.24, 2.45) is 0 Å². The van der Waals surface area contributed by atoms with E-state index in [1.165, 1.54) is 0 Å². The van der Waals surface area contributed by atoms with Crippen molar-refractivity contribution < 1.29 is 14.6 Å². The Balaban J connectivity index is 2.30. The van der Waals surface area contributed by atoms with Crippen LogP contribution in [0.3, 0.4) is 0 Å². The van der Waals surface area contributed by atoms with Gasteiger partial charge >= 0.3 is 0 Å². The quantitative estimate of drug-likeness (QED) is 0.704. The number of hydrogen-bond donors (Lipinski definition) is 1. The number of methoxy groups -OCH3 is 1. The van der Waals surface area contributed by atoms with E-state index in [2.05, 4.69) is 18.7 Å². The van der Waals surface area contributed by atoms with Crippen LogP contribution in [0.2, 0.25) is 0 Å².